The monoisotopic (exact) mass is 365 g/mol. The Labute approximate surface area is 148 Å². The summed E-state index contributed by atoms with van der Waals surface area (Å²) in [6.07, 6.45) is -2.49. The highest BCUT2D eigenvalue weighted by molar-refractivity contribution is 6.09. The first-order valence-electron chi connectivity index (χ1n) is 8.22. The third-order valence-electron chi connectivity index (χ3n) is 4.32. The van der Waals surface area contributed by atoms with Crippen LogP contribution in [0.15, 0.2) is 24.3 Å². The van der Waals surface area contributed by atoms with E-state index in [1.807, 2.05) is 0 Å². The van der Waals surface area contributed by atoms with Gasteiger partial charge in [-0.3, -0.25) is 9.59 Å². The van der Waals surface area contributed by atoms with E-state index in [2.05, 4.69) is 15.6 Å². The molecule has 8 heteroatoms. The van der Waals surface area contributed by atoms with Gasteiger partial charge in [0.05, 0.1) is 11.4 Å². The molecule has 26 heavy (non-hydrogen) atoms. The molecule has 0 fully saturated rings. The Morgan fingerprint density at radius 1 is 1.19 bits per heavy atom. The molecule has 0 saturated carbocycles. The number of aromatic nitrogens is 1. The number of carbonyl (C=O) groups is 2. The molecule has 1 aliphatic rings. The van der Waals surface area contributed by atoms with Crippen molar-refractivity contribution in [3.63, 3.8) is 0 Å². The summed E-state index contributed by atoms with van der Waals surface area (Å²) in [6, 6.07) is 6.16. The zero-order valence-electron chi connectivity index (χ0n) is 14.1. The highest BCUT2D eigenvalue weighted by Gasteiger charge is 2.28. The van der Waals surface area contributed by atoms with Crippen LogP contribution >= 0.6 is 0 Å². The van der Waals surface area contributed by atoms with Gasteiger partial charge in [0.15, 0.2) is 5.78 Å². The van der Waals surface area contributed by atoms with Gasteiger partial charge in [0, 0.05) is 17.7 Å². The first-order chi connectivity index (χ1) is 12.3. The van der Waals surface area contributed by atoms with Crippen molar-refractivity contribution >= 4 is 23.1 Å². The van der Waals surface area contributed by atoms with E-state index in [4.69, 9.17) is 0 Å². The van der Waals surface area contributed by atoms with Crippen molar-refractivity contribution in [2.24, 2.45) is 0 Å². The number of amides is 1. The van der Waals surface area contributed by atoms with E-state index in [0.717, 1.165) is 12.1 Å². The fourth-order valence-electron chi connectivity index (χ4n) is 3.13. The zero-order chi connectivity index (χ0) is 18.9. The van der Waals surface area contributed by atoms with Gasteiger partial charge in [-0.1, -0.05) is 12.1 Å². The van der Waals surface area contributed by atoms with Crippen molar-refractivity contribution in [3.8, 4) is 0 Å². The number of alkyl halides is 3. The number of H-pyrrole nitrogens is 1. The third kappa shape index (κ3) is 3.74. The van der Waals surface area contributed by atoms with Gasteiger partial charge < -0.3 is 15.6 Å². The summed E-state index contributed by atoms with van der Waals surface area (Å²) in [5.74, 6) is -0.489. The Morgan fingerprint density at radius 2 is 1.88 bits per heavy atom. The largest absolute Gasteiger partial charge is 0.405 e. The summed E-state index contributed by atoms with van der Waals surface area (Å²) in [5, 5.41) is 4.89. The van der Waals surface area contributed by atoms with Crippen LogP contribution in [0.2, 0.25) is 0 Å². The van der Waals surface area contributed by atoms with Crippen LogP contribution in [0, 0.1) is 6.92 Å². The molecule has 0 aliphatic heterocycles. The number of halogens is 3. The molecule has 5 nitrogen and oxygen atoms in total. The van der Waals surface area contributed by atoms with Crippen molar-refractivity contribution in [3.05, 3.63) is 46.8 Å². The van der Waals surface area contributed by atoms with Crippen LogP contribution in [0.1, 0.15) is 44.9 Å². The van der Waals surface area contributed by atoms with Crippen LogP contribution in [-0.4, -0.2) is 29.4 Å². The lowest BCUT2D eigenvalue weighted by Gasteiger charge is -2.14. The average Bonchev–Trinajstić information content (AvgIpc) is 2.91. The Hall–Kier alpha value is -2.77. The molecular weight excluding hydrogens is 347 g/mol. The molecule has 3 N–H and O–H groups in total. The molecule has 0 atom stereocenters. The lowest BCUT2D eigenvalue weighted by Crippen LogP contribution is -2.22. The predicted octanol–water partition coefficient (Wildman–Crippen LogP) is 4.07. The fourth-order valence-corrected chi connectivity index (χ4v) is 3.13. The van der Waals surface area contributed by atoms with Gasteiger partial charge in [-0.15, -0.1) is 0 Å². The van der Waals surface area contributed by atoms with Crippen molar-refractivity contribution in [1.29, 1.82) is 0 Å². The maximum Gasteiger partial charge on any atom is 0.405 e. The number of nitrogens with one attached hydrogen (secondary N) is 3. The molecule has 2 aromatic rings. The number of aromatic amines is 1. The van der Waals surface area contributed by atoms with E-state index in [1.54, 1.807) is 19.1 Å². The lowest BCUT2D eigenvalue weighted by molar-refractivity contribution is -0.115. The molecule has 0 saturated heterocycles. The number of aryl methyl sites for hydroxylation is 1. The maximum absolute atomic E-state index is 12.6. The minimum absolute atomic E-state index is 0.00583. The summed E-state index contributed by atoms with van der Waals surface area (Å²) < 4.78 is 37.3. The molecule has 1 aromatic heterocycles. The highest BCUT2D eigenvalue weighted by atomic mass is 19.4. The van der Waals surface area contributed by atoms with Crippen LogP contribution in [-0.2, 0) is 6.42 Å². The number of anilines is 2. The summed E-state index contributed by atoms with van der Waals surface area (Å²) in [4.78, 5) is 27.7. The number of ketones is 1. The molecule has 1 amide bonds. The molecule has 3 rings (SSSR count). The minimum Gasteiger partial charge on any atom is -0.375 e. The van der Waals surface area contributed by atoms with Crippen molar-refractivity contribution in [1.82, 2.24) is 4.98 Å². The van der Waals surface area contributed by atoms with Gasteiger partial charge >= 0.3 is 6.18 Å². The predicted molar refractivity (Wildman–Crippen MR) is 91.7 cm³/mol. The second-order valence-electron chi connectivity index (χ2n) is 6.22. The second kappa shape index (κ2) is 6.86. The summed E-state index contributed by atoms with van der Waals surface area (Å²) in [5.41, 5.74) is 2.54. The van der Waals surface area contributed by atoms with Crippen LogP contribution in [0.5, 0.6) is 0 Å². The molecule has 0 bridgehead atoms. The van der Waals surface area contributed by atoms with Gasteiger partial charge in [-0.05, 0) is 37.5 Å². The van der Waals surface area contributed by atoms with Gasteiger partial charge in [-0.25, -0.2) is 0 Å². The first kappa shape index (κ1) is 18.0. The van der Waals surface area contributed by atoms with Crippen LogP contribution < -0.4 is 10.6 Å². The number of carbonyl (C=O) groups excluding carboxylic acids is 2. The van der Waals surface area contributed by atoms with Crippen molar-refractivity contribution in [2.45, 2.75) is 32.4 Å². The van der Waals surface area contributed by atoms with Crippen LogP contribution in [0.25, 0.3) is 0 Å². The normalized spacial score (nSPS) is 14.1. The third-order valence-corrected chi connectivity index (χ3v) is 4.32. The second-order valence-corrected chi connectivity index (χ2v) is 6.22. The smallest absolute Gasteiger partial charge is 0.375 e. The maximum atomic E-state index is 12.6. The summed E-state index contributed by atoms with van der Waals surface area (Å²) >= 11 is 0. The Morgan fingerprint density at radius 3 is 2.54 bits per heavy atom. The van der Waals surface area contributed by atoms with Gasteiger partial charge in [-0.2, -0.15) is 13.2 Å². The Bertz CT molecular complexity index is 856. The molecule has 0 unspecified atom stereocenters. The molecule has 0 spiro atoms. The molecule has 0 radical (unpaired) electrons. The van der Waals surface area contributed by atoms with E-state index in [0.29, 0.717) is 24.0 Å². The van der Waals surface area contributed by atoms with Crippen molar-refractivity contribution in [2.75, 3.05) is 17.2 Å². The van der Waals surface area contributed by atoms with Crippen LogP contribution in [0.3, 0.4) is 0 Å². The van der Waals surface area contributed by atoms with E-state index in [9.17, 15) is 22.8 Å². The van der Waals surface area contributed by atoms with Gasteiger partial charge in [0.25, 0.3) is 5.91 Å². The first-order valence-corrected chi connectivity index (χ1v) is 8.22. The van der Waals surface area contributed by atoms with E-state index in [-0.39, 0.29) is 22.9 Å². The number of fused-ring (bicyclic) bond motifs is 1. The molecule has 138 valence electrons. The quantitative estimate of drug-likeness (QED) is 0.765. The molecule has 1 aliphatic carbocycles. The van der Waals surface area contributed by atoms with Crippen molar-refractivity contribution < 1.29 is 22.8 Å². The van der Waals surface area contributed by atoms with Gasteiger partial charge in [0.2, 0.25) is 0 Å². The molecule has 1 heterocycles. The number of hydrogen-bond acceptors (Lipinski definition) is 3. The number of Topliss-reactive ketones (excluding diaryl/α,β-unsaturated/α-hetero) is 1. The number of rotatable bonds is 4. The topological polar surface area (TPSA) is 74.0 Å². The number of para-hydroxylation sites is 2. The lowest BCUT2D eigenvalue weighted by atomic mass is 9.94. The van der Waals surface area contributed by atoms with E-state index in [1.165, 1.54) is 12.1 Å². The summed E-state index contributed by atoms with van der Waals surface area (Å²) in [6.45, 7) is 0.492. The molecular formula is C18H18F3N3O2. The standard InChI is InChI=1S/C18H18F3N3O2/c1-10-15-13(7-4-8-14(15)25)23-16(10)17(26)24-12-6-3-2-5-11(12)22-9-18(19,20)21/h2-3,5-6,22-23H,4,7-9H2,1H3,(H,24,26). The van der Waals surface area contributed by atoms with Crippen LogP contribution in [0.4, 0.5) is 24.5 Å². The Kier molecular flexibility index (Phi) is 4.76. The minimum atomic E-state index is -4.37. The number of hydrogen-bond donors (Lipinski definition) is 3. The SMILES string of the molecule is Cc1c(C(=O)Nc2ccccc2NCC(F)(F)F)[nH]c2c1C(=O)CCC2. The van der Waals surface area contributed by atoms with Gasteiger partial charge in [0.1, 0.15) is 12.2 Å². The van der Waals surface area contributed by atoms with E-state index >= 15 is 0 Å². The average molecular weight is 365 g/mol. The number of benzene rings is 1. The zero-order valence-corrected chi connectivity index (χ0v) is 14.1. The Balaban J connectivity index is 1.82. The van der Waals surface area contributed by atoms with E-state index < -0.39 is 18.6 Å². The summed E-state index contributed by atoms with van der Waals surface area (Å²) in [7, 11) is 0. The fraction of sp³-hybridized carbons (Fsp3) is 0.333. The highest BCUT2D eigenvalue weighted by Crippen LogP contribution is 2.28. The molecule has 1 aromatic carbocycles.